The third-order valence-corrected chi connectivity index (χ3v) is 7.72. The van der Waals surface area contributed by atoms with Crippen molar-refractivity contribution in [3.05, 3.63) is 116 Å². The van der Waals surface area contributed by atoms with Gasteiger partial charge < -0.3 is 13.9 Å². The van der Waals surface area contributed by atoms with E-state index in [-0.39, 0.29) is 37.7 Å². The Balaban J connectivity index is 1.56. The quantitative estimate of drug-likeness (QED) is 0.226. The zero-order chi connectivity index (χ0) is 27.3. The fourth-order valence-electron chi connectivity index (χ4n) is 4.60. The summed E-state index contributed by atoms with van der Waals surface area (Å²) in [5.74, 6) is -0.0684. The Bertz CT molecular complexity index is 1830. The van der Waals surface area contributed by atoms with Crippen LogP contribution in [0, 0.1) is 6.92 Å². The first-order valence-corrected chi connectivity index (χ1v) is 13.0. The van der Waals surface area contributed by atoms with Crippen LogP contribution in [0.25, 0.3) is 11.0 Å². The number of rotatable bonds is 5. The molecule has 3 aromatic carbocycles. The van der Waals surface area contributed by atoms with Gasteiger partial charge in [0.1, 0.15) is 22.0 Å². The number of carbonyl (C=O) groups is 2. The van der Waals surface area contributed by atoms with Crippen LogP contribution in [0.5, 0.6) is 11.5 Å². The first-order valence-electron chi connectivity index (χ1n) is 11.8. The molecule has 0 fully saturated rings. The number of benzene rings is 3. The van der Waals surface area contributed by atoms with Crippen molar-refractivity contribution in [1.82, 2.24) is 4.98 Å². The molecule has 0 radical (unpaired) electrons. The number of ether oxygens (including phenoxy) is 2. The lowest BCUT2D eigenvalue weighted by Crippen LogP contribution is -2.29. The van der Waals surface area contributed by atoms with E-state index in [0.717, 1.165) is 11.3 Å². The molecule has 0 N–H and O–H groups in total. The number of hydrogen-bond donors (Lipinski definition) is 0. The van der Waals surface area contributed by atoms with Crippen LogP contribution >= 0.6 is 22.9 Å². The number of nitrogens with zero attached hydrogens (tertiary/aromatic N) is 2. The van der Waals surface area contributed by atoms with Gasteiger partial charge in [-0.15, -0.1) is 0 Å². The van der Waals surface area contributed by atoms with Crippen LogP contribution in [-0.4, -0.2) is 24.0 Å². The Kier molecular flexibility index (Phi) is 6.17. The number of aryl methyl sites for hydroxylation is 1. The fraction of sp³-hybridized carbons (Fsp3) is 0.103. The lowest BCUT2D eigenvalue weighted by molar-refractivity contribution is 0.0605. The van der Waals surface area contributed by atoms with E-state index in [4.69, 9.17) is 25.5 Å². The summed E-state index contributed by atoms with van der Waals surface area (Å²) >= 11 is 7.19. The number of halogens is 1. The molecule has 0 aliphatic carbocycles. The van der Waals surface area contributed by atoms with Gasteiger partial charge in [-0.3, -0.25) is 14.5 Å². The van der Waals surface area contributed by atoms with Gasteiger partial charge in [-0.05, 0) is 55.0 Å². The number of carbonyl (C=O) groups excluding carboxylic acids is 2. The van der Waals surface area contributed by atoms with Gasteiger partial charge >= 0.3 is 5.97 Å². The zero-order valence-electron chi connectivity index (χ0n) is 20.6. The standard InChI is InChI=1S/C29H19ClN2O6S/c1-15-26(28(35)36-2)39-29(31-15)32-23(16-7-6-10-19(13-16)37-18-8-4-3-5-9-18)22-24(33)20-14-17(30)11-12-21(20)38-25(22)27(32)34/h3-14,23H,1-2H3. The number of amides is 1. The van der Waals surface area contributed by atoms with Gasteiger partial charge in [-0.25, -0.2) is 9.78 Å². The van der Waals surface area contributed by atoms with Crippen molar-refractivity contribution in [2.24, 2.45) is 0 Å². The third kappa shape index (κ3) is 4.25. The van der Waals surface area contributed by atoms with Gasteiger partial charge in [0.25, 0.3) is 5.91 Å². The largest absolute Gasteiger partial charge is 0.465 e. The molecule has 0 bridgehead atoms. The highest BCUT2D eigenvalue weighted by atomic mass is 35.5. The van der Waals surface area contributed by atoms with E-state index in [1.807, 2.05) is 30.3 Å². The second-order valence-electron chi connectivity index (χ2n) is 8.78. The number of fused-ring (bicyclic) bond motifs is 2. The molecule has 194 valence electrons. The highest BCUT2D eigenvalue weighted by Crippen LogP contribution is 2.44. The van der Waals surface area contributed by atoms with Crippen molar-refractivity contribution in [3.8, 4) is 11.5 Å². The van der Waals surface area contributed by atoms with Crippen molar-refractivity contribution in [2.45, 2.75) is 13.0 Å². The van der Waals surface area contributed by atoms with Crippen molar-refractivity contribution in [2.75, 3.05) is 12.0 Å². The molecular formula is C29H19ClN2O6S. The molecule has 0 saturated carbocycles. The number of para-hydroxylation sites is 1. The third-order valence-electron chi connectivity index (χ3n) is 6.35. The maximum absolute atomic E-state index is 13.9. The summed E-state index contributed by atoms with van der Waals surface area (Å²) in [7, 11) is 1.28. The van der Waals surface area contributed by atoms with Gasteiger partial charge in [-0.1, -0.05) is 53.3 Å². The minimum absolute atomic E-state index is 0.0957. The summed E-state index contributed by atoms with van der Waals surface area (Å²) in [5, 5.41) is 0.845. The minimum atomic E-state index is -0.900. The summed E-state index contributed by atoms with van der Waals surface area (Å²) in [4.78, 5) is 46.2. The van der Waals surface area contributed by atoms with Crippen molar-refractivity contribution >= 4 is 50.9 Å². The van der Waals surface area contributed by atoms with E-state index in [2.05, 4.69) is 4.98 Å². The smallest absolute Gasteiger partial charge is 0.350 e. The summed E-state index contributed by atoms with van der Waals surface area (Å²) in [6.45, 7) is 1.66. The second-order valence-corrected chi connectivity index (χ2v) is 10.2. The molecule has 0 saturated heterocycles. The van der Waals surface area contributed by atoms with Gasteiger partial charge in [0.2, 0.25) is 5.76 Å². The SMILES string of the molecule is COC(=O)c1sc(N2C(=O)c3oc4ccc(Cl)cc4c(=O)c3C2c2cccc(Oc3ccccc3)c2)nc1C. The fourth-order valence-corrected chi connectivity index (χ4v) is 5.78. The number of esters is 1. The van der Waals surface area contributed by atoms with E-state index in [1.54, 1.807) is 43.3 Å². The average molecular weight is 559 g/mol. The molecule has 1 amide bonds. The number of aromatic nitrogens is 1. The number of anilines is 1. The first-order chi connectivity index (χ1) is 18.9. The molecule has 1 atom stereocenters. The molecule has 2 aromatic heterocycles. The van der Waals surface area contributed by atoms with Gasteiger partial charge in [0.05, 0.1) is 29.8 Å². The summed E-state index contributed by atoms with van der Waals surface area (Å²) in [6.07, 6.45) is 0. The molecule has 1 aliphatic heterocycles. The van der Waals surface area contributed by atoms with Gasteiger partial charge in [-0.2, -0.15) is 0 Å². The topological polar surface area (TPSA) is 98.9 Å². The molecule has 1 aliphatic rings. The molecule has 39 heavy (non-hydrogen) atoms. The number of thiazole rings is 1. The monoisotopic (exact) mass is 558 g/mol. The molecule has 0 spiro atoms. The molecule has 1 unspecified atom stereocenters. The van der Waals surface area contributed by atoms with E-state index in [9.17, 15) is 14.4 Å². The highest BCUT2D eigenvalue weighted by Gasteiger charge is 2.45. The minimum Gasteiger partial charge on any atom is -0.465 e. The second kappa shape index (κ2) is 9.68. The molecule has 8 nitrogen and oxygen atoms in total. The summed E-state index contributed by atoms with van der Waals surface area (Å²) in [5.41, 5.74) is 1.01. The van der Waals surface area contributed by atoms with Crippen LogP contribution in [0.4, 0.5) is 5.13 Å². The summed E-state index contributed by atoms with van der Waals surface area (Å²) < 4.78 is 16.9. The van der Waals surface area contributed by atoms with E-state index in [0.29, 0.717) is 27.8 Å². The Morgan fingerprint density at radius 1 is 1.03 bits per heavy atom. The van der Waals surface area contributed by atoms with Crippen molar-refractivity contribution < 1.29 is 23.5 Å². The molecule has 10 heteroatoms. The molecular weight excluding hydrogens is 540 g/mol. The first kappa shape index (κ1) is 24.8. The molecule has 6 rings (SSSR count). The Hall–Kier alpha value is -4.47. The summed E-state index contributed by atoms with van der Waals surface area (Å²) in [6, 6.07) is 20.1. The lowest BCUT2D eigenvalue weighted by atomic mass is 9.98. The zero-order valence-corrected chi connectivity index (χ0v) is 22.2. The van der Waals surface area contributed by atoms with Crippen LogP contribution in [-0.2, 0) is 4.74 Å². The van der Waals surface area contributed by atoms with E-state index in [1.165, 1.54) is 18.1 Å². The van der Waals surface area contributed by atoms with Crippen molar-refractivity contribution in [1.29, 1.82) is 0 Å². The molecule has 3 heterocycles. The van der Waals surface area contributed by atoms with Gasteiger partial charge in [0.15, 0.2) is 10.6 Å². The highest BCUT2D eigenvalue weighted by molar-refractivity contribution is 7.17. The molecule has 5 aromatic rings. The predicted octanol–water partition coefficient (Wildman–Crippen LogP) is 6.54. The lowest BCUT2D eigenvalue weighted by Gasteiger charge is -2.23. The Morgan fingerprint density at radius 2 is 1.79 bits per heavy atom. The van der Waals surface area contributed by atoms with Crippen molar-refractivity contribution in [3.63, 3.8) is 0 Å². The maximum atomic E-state index is 13.9. The van der Waals surface area contributed by atoms with E-state index < -0.39 is 17.9 Å². The maximum Gasteiger partial charge on any atom is 0.350 e. The normalized spacial score (nSPS) is 14.5. The van der Waals surface area contributed by atoms with Crippen LogP contribution in [0.3, 0.4) is 0 Å². The van der Waals surface area contributed by atoms with Crippen LogP contribution in [0.15, 0.2) is 82.0 Å². The number of hydrogen-bond acceptors (Lipinski definition) is 8. The predicted molar refractivity (Wildman–Crippen MR) is 147 cm³/mol. The van der Waals surface area contributed by atoms with Gasteiger partial charge in [0, 0.05) is 5.02 Å². The Labute approximate surface area is 231 Å². The van der Waals surface area contributed by atoms with Crippen LogP contribution < -0.4 is 15.1 Å². The van der Waals surface area contributed by atoms with Crippen LogP contribution in [0.2, 0.25) is 5.02 Å². The van der Waals surface area contributed by atoms with Crippen LogP contribution in [0.1, 0.15) is 43.1 Å². The Morgan fingerprint density at radius 3 is 2.56 bits per heavy atom. The van der Waals surface area contributed by atoms with E-state index >= 15 is 0 Å². The number of methoxy groups -OCH3 is 1. The average Bonchev–Trinajstić information content (AvgIpc) is 3.46.